The van der Waals surface area contributed by atoms with Gasteiger partial charge in [-0.05, 0) is 31.9 Å². The van der Waals surface area contributed by atoms with E-state index in [4.69, 9.17) is 9.47 Å². The number of carbonyl (C=O) groups is 1. The van der Waals surface area contributed by atoms with Gasteiger partial charge in [0, 0.05) is 32.7 Å². The molecule has 2 atom stereocenters. The van der Waals surface area contributed by atoms with Gasteiger partial charge in [-0.3, -0.25) is 9.36 Å². The van der Waals surface area contributed by atoms with Crippen LogP contribution in [0.1, 0.15) is 51.3 Å². The predicted molar refractivity (Wildman–Crippen MR) is 154 cm³/mol. The standard InChI is InChI=1S/C29H39F2N7O4/c1-19(28(40)36(2)17-20(39)18-42-21-8-4-3-5-9-21)32-29-34-24(37-12-14-41-15-13-37)16-25(35-29)38-23-11-7-6-10-22(23)33-27(38)26(30)31/h6-7,10-11,16,19-21,26,39H,3-5,8-9,12-15,17-18H2,1-2H3,(H,32,34,35)/t19-,20?/m0/s1. The van der Waals surface area contributed by atoms with Gasteiger partial charge in [0.15, 0.2) is 5.82 Å². The van der Waals surface area contributed by atoms with Gasteiger partial charge in [0.05, 0.1) is 43.1 Å². The molecule has 5 rings (SSSR count). The Morgan fingerprint density at radius 1 is 1.14 bits per heavy atom. The molecule has 3 aromatic rings. The fraction of sp³-hybridized carbons (Fsp3) is 0.586. The van der Waals surface area contributed by atoms with E-state index in [0.717, 1.165) is 25.7 Å². The number of aliphatic hydroxyl groups excluding tert-OH is 1. The first-order chi connectivity index (χ1) is 20.3. The van der Waals surface area contributed by atoms with Gasteiger partial charge in [0.25, 0.3) is 6.43 Å². The maximum absolute atomic E-state index is 14.1. The van der Waals surface area contributed by atoms with E-state index in [-0.39, 0.29) is 36.9 Å². The number of benzene rings is 1. The Morgan fingerprint density at radius 3 is 2.60 bits per heavy atom. The van der Waals surface area contributed by atoms with Gasteiger partial charge < -0.3 is 29.7 Å². The number of carbonyl (C=O) groups excluding carboxylic acids is 1. The summed E-state index contributed by atoms with van der Waals surface area (Å²) in [7, 11) is 1.62. The zero-order valence-electron chi connectivity index (χ0n) is 24.1. The molecule has 0 radical (unpaired) electrons. The van der Waals surface area contributed by atoms with Crippen molar-refractivity contribution < 1.29 is 28.2 Å². The van der Waals surface area contributed by atoms with Gasteiger partial charge in [0.1, 0.15) is 17.7 Å². The van der Waals surface area contributed by atoms with Crippen LogP contribution in [0.2, 0.25) is 0 Å². The van der Waals surface area contributed by atoms with E-state index in [1.165, 1.54) is 15.9 Å². The lowest BCUT2D eigenvalue weighted by molar-refractivity contribution is -0.132. The number of aliphatic hydroxyl groups is 1. The highest BCUT2D eigenvalue weighted by molar-refractivity contribution is 5.84. The Morgan fingerprint density at radius 2 is 1.86 bits per heavy atom. The van der Waals surface area contributed by atoms with E-state index in [2.05, 4.69) is 20.3 Å². The number of imidazole rings is 1. The third-order valence-corrected chi connectivity index (χ3v) is 7.70. The number of fused-ring (bicyclic) bond motifs is 1. The van der Waals surface area contributed by atoms with Crippen LogP contribution in [-0.4, -0.2) is 100 Å². The minimum Gasteiger partial charge on any atom is -0.389 e. The molecule has 2 aromatic heterocycles. The molecule has 1 aliphatic heterocycles. The number of morpholine rings is 1. The van der Waals surface area contributed by atoms with Crippen molar-refractivity contribution in [1.29, 1.82) is 0 Å². The molecule has 0 bridgehead atoms. The molecule has 2 aliphatic rings. The summed E-state index contributed by atoms with van der Waals surface area (Å²) in [5.41, 5.74) is 0.906. The number of hydrogen-bond donors (Lipinski definition) is 2. The van der Waals surface area contributed by atoms with Gasteiger partial charge in [0.2, 0.25) is 11.9 Å². The largest absolute Gasteiger partial charge is 0.389 e. The summed E-state index contributed by atoms with van der Waals surface area (Å²) in [5, 5.41) is 13.6. The molecule has 42 heavy (non-hydrogen) atoms. The van der Waals surface area contributed by atoms with Crippen LogP contribution >= 0.6 is 0 Å². The maximum atomic E-state index is 14.1. The number of para-hydroxylation sites is 2. The summed E-state index contributed by atoms with van der Waals surface area (Å²) in [6, 6.07) is 7.77. The molecular weight excluding hydrogens is 548 g/mol. The van der Waals surface area contributed by atoms with Crippen molar-refractivity contribution in [3.05, 3.63) is 36.2 Å². The molecule has 1 aliphatic carbocycles. The summed E-state index contributed by atoms with van der Waals surface area (Å²) in [4.78, 5) is 30.0. The number of alkyl halides is 2. The van der Waals surface area contributed by atoms with Gasteiger partial charge in [-0.25, -0.2) is 13.8 Å². The summed E-state index contributed by atoms with van der Waals surface area (Å²) in [6.07, 6.45) is 2.01. The third kappa shape index (κ3) is 7.13. The zero-order valence-corrected chi connectivity index (χ0v) is 24.1. The highest BCUT2D eigenvalue weighted by Crippen LogP contribution is 2.29. The SMILES string of the molecule is C[C@H](Nc1nc(N2CCOCC2)cc(-n2c(C(F)F)nc3ccccc32)n1)C(=O)N(C)CC(O)COC1CCCCC1. The molecule has 11 nitrogen and oxygen atoms in total. The van der Waals surface area contributed by atoms with Crippen LogP contribution in [0.3, 0.4) is 0 Å². The lowest BCUT2D eigenvalue weighted by atomic mass is 9.98. The first-order valence-corrected chi connectivity index (χ1v) is 14.6. The van der Waals surface area contributed by atoms with Crippen molar-refractivity contribution in [2.75, 3.05) is 56.7 Å². The smallest absolute Gasteiger partial charge is 0.296 e. The predicted octanol–water partition coefficient (Wildman–Crippen LogP) is 3.56. The first-order valence-electron chi connectivity index (χ1n) is 14.6. The maximum Gasteiger partial charge on any atom is 0.296 e. The molecule has 1 unspecified atom stereocenters. The Balaban J connectivity index is 1.35. The number of ether oxygens (including phenoxy) is 2. The van der Waals surface area contributed by atoms with Crippen LogP contribution in [0.4, 0.5) is 20.5 Å². The average Bonchev–Trinajstić information content (AvgIpc) is 3.41. The molecule has 2 fully saturated rings. The van der Waals surface area contributed by atoms with Crippen LogP contribution in [0.15, 0.2) is 30.3 Å². The minimum absolute atomic E-state index is 0.107. The second-order valence-corrected chi connectivity index (χ2v) is 10.9. The summed E-state index contributed by atoms with van der Waals surface area (Å²) in [6.45, 7) is 4.10. The summed E-state index contributed by atoms with van der Waals surface area (Å²) < 4.78 is 40.9. The van der Waals surface area contributed by atoms with Crippen molar-refractivity contribution in [2.45, 2.75) is 63.7 Å². The number of nitrogens with one attached hydrogen (secondary N) is 1. The Labute approximate surface area is 243 Å². The molecule has 1 aromatic carbocycles. The first kappa shape index (κ1) is 30.1. The lowest BCUT2D eigenvalue weighted by Crippen LogP contribution is -2.44. The number of amides is 1. The van der Waals surface area contributed by atoms with Crippen LogP contribution in [0.25, 0.3) is 16.9 Å². The topological polar surface area (TPSA) is 118 Å². The molecule has 0 spiro atoms. The van der Waals surface area contributed by atoms with E-state index in [1.807, 2.05) is 4.90 Å². The third-order valence-electron chi connectivity index (χ3n) is 7.70. The Hall–Kier alpha value is -3.42. The van der Waals surface area contributed by atoms with Crippen LogP contribution < -0.4 is 10.2 Å². The second kappa shape index (κ2) is 13.7. The zero-order chi connectivity index (χ0) is 29.6. The number of halogens is 2. The van der Waals surface area contributed by atoms with Crippen LogP contribution in [0, 0.1) is 0 Å². The highest BCUT2D eigenvalue weighted by Gasteiger charge is 2.26. The van der Waals surface area contributed by atoms with E-state index in [1.54, 1.807) is 44.3 Å². The van der Waals surface area contributed by atoms with Gasteiger partial charge in [-0.15, -0.1) is 0 Å². The number of aromatic nitrogens is 4. The van der Waals surface area contributed by atoms with E-state index in [9.17, 15) is 18.7 Å². The number of likely N-dealkylation sites (N-methyl/N-ethyl adjacent to an activating group) is 1. The quantitative estimate of drug-likeness (QED) is 0.347. The van der Waals surface area contributed by atoms with Crippen molar-refractivity contribution in [1.82, 2.24) is 24.4 Å². The van der Waals surface area contributed by atoms with E-state index < -0.39 is 24.4 Å². The number of anilines is 2. The van der Waals surface area contributed by atoms with Crippen LogP contribution in [0.5, 0.6) is 0 Å². The molecule has 1 saturated heterocycles. The molecule has 2 N–H and O–H groups in total. The van der Waals surface area contributed by atoms with Crippen LogP contribution in [-0.2, 0) is 14.3 Å². The molecular formula is C29H39F2N7O4. The van der Waals surface area contributed by atoms with Gasteiger partial charge in [-0.2, -0.15) is 9.97 Å². The number of rotatable bonds is 11. The second-order valence-electron chi connectivity index (χ2n) is 10.9. The fourth-order valence-corrected chi connectivity index (χ4v) is 5.51. The van der Waals surface area contributed by atoms with Gasteiger partial charge in [-0.1, -0.05) is 31.4 Å². The Bertz CT molecular complexity index is 1340. The monoisotopic (exact) mass is 587 g/mol. The van der Waals surface area contributed by atoms with Crippen molar-refractivity contribution in [3.8, 4) is 5.82 Å². The molecule has 1 saturated carbocycles. The van der Waals surface area contributed by atoms with E-state index in [0.29, 0.717) is 43.2 Å². The summed E-state index contributed by atoms with van der Waals surface area (Å²) in [5.74, 6) is 0.132. The van der Waals surface area contributed by atoms with Crippen molar-refractivity contribution >= 4 is 28.7 Å². The normalized spacial score (nSPS) is 17.9. The number of nitrogens with zero attached hydrogens (tertiary/aromatic N) is 6. The van der Waals surface area contributed by atoms with E-state index >= 15 is 0 Å². The van der Waals surface area contributed by atoms with Crippen molar-refractivity contribution in [3.63, 3.8) is 0 Å². The minimum atomic E-state index is -2.83. The molecule has 228 valence electrons. The molecule has 13 heteroatoms. The molecule has 3 heterocycles. The number of hydrogen-bond acceptors (Lipinski definition) is 9. The lowest BCUT2D eigenvalue weighted by Gasteiger charge is -2.29. The van der Waals surface area contributed by atoms with Crippen molar-refractivity contribution in [2.24, 2.45) is 0 Å². The molecule has 1 amide bonds. The van der Waals surface area contributed by atoms with Gasteiger partial charge >= 0.3 is 0 Å². The summed E-state index contributed by atoms with van der Waals surface area (Å²) >= 11 is 0. The highest BCUT2D eigenvalue weighted by atomic mass is 19.3. The average molecular weight is 588 g/mol. The Kier molecular flexibility index (Phi) is 9.80. The fourth-order valence-electron chi connectivity index (χ4n) is 5.51.